The van der Waals surface area contributed by atoms with Gasteiger partial charge in [-0.3, -0.25) is 0 Å². The summed E-state index contributed by atoms with van der Waals surface area (Å²) >= 11 is 0. The van der Waals surface area contributed by atoms with E-state index in [9.17, 15) is 13.5 Å². The van der Waals surface area contributed by atoms with Crippen molar-refractivity contribution in [3.8, 4) is 0 Å². The number of hydrogen-bond donors (Lipinski definition) is 1. The van der Waals surface area contributed by atoms with Crippen LogP contribution >= 0.6 is 0 Å². The minimum absolute atomic E-state index is 0.0460. The molecule has 2 atom stereocenters. The van der Waals surface area contributed by atoms with Crippen molar-refractivity contribution in [1.82, 2.24) is 4.31 Å². The van der Waals surface area contributed by atoms with Gasteiger partial charge in [0.25, 0.3) is 0 Å². The number of hydrogen-bond acceptors (Lipinski definition) is 3. The van der Waals surface area contributed by atoms with Crippen LogP contribution in [0.4, 0.5) is 0 Å². The van der Waals surface area contributed by atoms with E-state index in [0.29, 0.717) is 13.0 Å². The third-order valence-electron chi connectivity index (χ3n) is 4.68. The molecule has 0 saturated heterocycles. The van der Waals surface area contributed by atoms with E-state index in [1.165, 1.54) is 4.31 Å². The van der Waals surface area contributed by atoms with Crippen LogP contribution in [0.5, 0.6) is 0 Å². The van der Waals surface area contributed by atoms with Gasteiger partial charge in [-0.2, -0.15) is 4.31 Å². The molecule has 2 aromatic rings. The van der Waals surface area contributed by atoms with Crippen molar-refractivity contribution in [1.29, 1.82) is 0 Å². The third-order valence-corrected chi connectivity index (χ3v) is 6.52. The minimum atomic E-state index is -3.64. The van der Waals surface area contributed by atoms with Crippen LogP contribution in [-0.4, -0.2) is 37.0 Å². The zero-order chi connectivity index (χ0) is 20.0. The number of aryl methyl sites for hydroxylation is 1. The van der Waals surface area contributed by atoms with Crippen LogP contribution in [0.1, 0.15) is 31.9 Å². The van der Waals surface area contributed by atoms with Crippen LogP contribution in [0.2, 0.25) is 0 Å². The van der Waals surface area contributed by atoms with Gasteiger partial charge in [0, 0.05) is 13.1 Å². The molecule has 0 aliphatic rings. The highest BCUT2D eigenvalue weighted by atomic mass is 32.2. The summed E-state index contributed by atoms with van der Waals surface area (Å²) in [7, 11) is -3.64. The van der Waals surface area contributed by atoms with Crippen molar-refractivity contribution in [2.24, 2.45) is 11.8 Å². The molecule has 4 nitrogen and oxygen atoms in total. The number of benzene rings is 2. The Kier molecular flexibility index (Phi) is 7.59. The van der Waals surface area contributed by atoms with E-state index in [0.717, 1.165) is 11.1 Å². The molecule has 1 N–H and O–H groups in total. The first-order chi connectivity index (χ1) is 12.7. The van der Waals surface area contributed by atoms with Crippen molar-refractivity contribution < 1.29 is 13.5 Å². The fourth-order valence-corrected chi connectivity index (χ4v) is 4.67. The summed E-state index contributed by atoms with van der Waals surface area (Å²) in [5.41, 5.74) is 2.15. The first kappa shape index (κ1) is 21.6. The number of aliphatic hydroxyl groups is 1. The molecule has 0 heterocycles. The first-order valence-electron chi connectivity index (χ1n) is 9.49. The van der Waals surface area contributed by atoms with Crippen molar-refractivity contribution >= 4 is 10.0 Å². The fraction of sp³-hybridized carbons (Fsp3) is 0.455. The van der Waals surface area contributed by atoms with Crippen LogP contribution < -0.4 is 0 Å². The number of sulfonamides is 1. The van der Waals surface area contributed by atoms with Crippen LogP contribution in [0.25, 0.3) is 0 Å². The lowest BCUT2D eigenvalue weighted by atomic mass is 9.96. The molecule has 0 aromatic heterocycles. The second-order valence-corrected chi connectivity index (χ2v) is 9.70. The number of aliphatic hydroxyl groups excluding tert-OH is 1. The molecule has 0 fully saturated rings. The Morgan fingerprint density at radius 3 is 2.07 bits per heavy atom. The Balaban J connectivity index is 2.16. The second-order valence-electron chi connectivity index (χ2n) is 7.76. The van der Waals surface area contributed by atoms with Gasteiger partial charge in [-0.25, -0.2) is 8.42 Å². The van der Waals surface area contributed by atoms with Gasteiger partial charge in [0.1, 0.15) is 0 Å². The predicted octanol–water partition coefficient (Wildman–Crippen LogP) is 3.88. The summed E-state index contributed by atoms with van der Waals surface area (Å²) in [4.78, 5) is 0.275. The maximum atomic E-state index is 13.1. The maximum Gasteiger partial charge on any atom is 0.243 e. The average Bonchev–Trinajstić information content (AvgIpc) is 2.62. The number of rotatable bonds is 9. The molecule has 0 radical (unpaired) electrons. The van der Waals surface area contributed by atoms with Gasteiger partial charge >= 0.3 is 0 Å². The van der Waals surface area contributed by atoms with Gasteiger partial charge in [-0.05, 0) is 42.9 Å². The summed E-state index contributed by atoms with van der Waals surface area (Å²) < 4.78 is 27.6. The maximum absolute atomic E-state index is 13.1. The Labute approximate surface area is 163 Å². The zero-order valence-electron chi connectivity index (χ0n) is 16.7. The molecule has 0 amide bonds. The van der Waals surface area contributed by atoms with Gasteiger partial charge in [-0.1, -0.05) is 68.8 Å². The Morgan fingerprint density at radius 2 is 1.52 bits per heavy atom. The third kappa shape index (κ3) is 6.16. The smallest absolute Gasteiger partial charge is 0.243 e. The minimum Gasteiger partial charge on any atom is -0.391 e. The fourth-order valence-electron chi connectivity index (χ4n) is 3.05. The number of nitrogens with zero attached hydrogens (tertiary/aromatic N) is 1. The highest BCUT2D eigenvalue weighted by molar-refractivity contribution is 7.89. The molecular weight excluding hydrogens is 358 g/mol. The summed E-state index contributed by atoms with van der Waals surface area (Å²) in [6.07, 6.45) is -0.0218. The highest BCUT2D eigenvalue weighted by Gasteiger charge is 2.29. The molecule has 27 heavy (non-hydrogen) atoms. The van der Waals surface area contributed by atoms with Gasteiger partial charge in [-0.15, -0.1) is 0 Å². The summed E-state index contributed by atoms with van der Waals surface area (Å²) in [6, 6.07) is 16.8. The van der Waals surface area contributed by atoms with Gasteiger partial charge < -0.3 is 5.11 Å². The van der Waals surface area contributed by atoms with E-state index >= 15 is 0 Å². The van der Waals surface area contributed by atoms with E-state index in [2.05, 4.69) is 0 Å². The molecule has 5 heteroatoms. The van der Waals surface area contributed by atoms with Crippen LogP contribution in [0.3, 0.4) is 0 Å². The lowest BCUT2D eigenvalue weighted by molar-refractivity contribution is 0.0919. The lowest BCUT2D eigenvalue weighted by Crippen LogP contribution is -2.42. The Morgan fingerprint density at radius 1 is 0.926 bits per heavy atom. The van der Waals surface area contributed by atoms with Crippen LogP contribution in [0.15, 0.2) is 59.5 Å². The molecule has 0 bridgehead atoms. The van der Waals surface area contributed by atoms with Crippen molar-refractivity contribution in [3.05, 3.63) is 65.7 Å². The molecule has 148 valence electrons. The quantitative estimate of drug-likeness (QED) is 0.708. The van der Waals surface area contributed by atoms with Crippen molar-refractivity contribution in [2.75, 3.05) is 13.1 Å². The molecule has 2 rings (SSSR count). The average molecular weight is 390 g/mol. The van der Waals surface area contributed by atoms with Gasteiger partial charge in [0.15, 0.2) is 0 Å². The van der Waals surface area contributed by atoms with Crippen molar-refractivity contribution in [3.63, 3.8) is 0 Å². The first-order valence-corrected chi connectivity index (χ1v) is 10.9. The SMILES string of the molecule is Cc1ccc(S(=O)(=O)N(CC(C)C)C[C@@H](O)[C@@H](C)Cc2ccccc2)cc1. The summed E-state index contributed by atoms with van der Waals surface area (Å²) in [5, 5.41) is 10.7. The molecule has 0 unspecified atom stereocenters. The van der Waals surface area contributed by atoms with Gasteiger partial charge in [0.2, 0.25) is 10.0 Å². The largest absolute Gasteiger partial charge is 0.391 e. The van der Waals surface area contributed by atoms with E-state index in [1.807, 2.05) is 58.0 Å². The molecule has 2 aromatic carbocycles. The molecule has 0 aliphatic carbocycles. The predicted molar refractivity (Wildman–Crippen MR) is 110 cm³/mol. The zero-order valence-corrected chi connectivity index (χ0v) is 17.5. The standard InChI is InChI=1S/C22H31NO3S/c1-17(2)15-23(27(25,26)21-12-10-18(3)11-13-21)16-22(24)19(4)14-20-8-6-5-7-9-20/h5-13,17,19,22,24H,14-16H2,1-4H3/t19-,22+/m0/s1. The van der Waals surface area contributed by atoms with Gasteiger partial charge in [0.05, 0.1) is 11.0 Å². The summed E-state index contributed by atoms with van der Waals surface area (Å²) in [6.45, 7) is 8.34. The molecule has 0 aliphatic heterocycles. The van der Waals surface area contributed by atoms with Crippen LogP contribution in [0, 0.1) is 18.8 Å². The van der Waals surface area contributed by atoms with E-state index in [4.69, 9.17) is 0 Å². The van der Waals surface area contributed by atoms with E-state index in [-0.39, 0.29) is 23.3 Å². The van der Waals surface area contributed by atoms with Crippen LogP contribution in [-0.2, 0) is 16.4 Å². The monoisotopic (exact) mass is 389 g/mol. The van der Waals surface area contributed by atoms with E-state index < -0.39 is 16.1 Å². The lowest BCUT2D eigenvalue weighted by Gasteiger charge is -2.29. The van der Waals surface area contributed by atoms with Crippen molar-refractivity contribution in [2.45, 2.75) is 45.1 Å². The molecule has 0 spiro atoms. The summed E-state index contributed by atoms with van der Waals surface area (Å²) in [5.74, 6) is 0.122. The normalized spacial score (nSPS) is 14.5. The van der Waals surface area contributed by atoms with E-state index in [1.54, 1.807) is 24.3 Å². The second kappa shape index (κ2) is 9.49. The molecular formula is C22H31NO3S. The molecule has 0 saturated carbocycles. The Bertz CT molecular complexity index is 801. The Hall–Kier alpha value is -1.69. The topological polar surface area (TPSA) is 57.6 Å². The highest BCUT2D eigenvalue weighted by Crippen LogP contribution is 2.21.